The first-order valence-electron chi connectivity index (χ1n) is 8.31. The van der Waals surface area contributed by atoms with Gasteiger partial charge in [-0.05, 0) is 24.0 Å². The molecule has 2 aromatic rings. The van der Waals surface area contributed by atoms with Gasteiger partial charge in [-0.2, -0.15) is 5.10 Å². The molecule has 2 rings (SSSR count). The van der Waals surface area contributed by atoms with Gasteiger partial charge in [0.25, 0.3) is 0 Å². The Morgan fingerprint density at radius 1 is 1.29 bits per heavy atom. The van der Waals surface area contributed by atoms with Crippen LogP contribution < -0.4 is 10.6 Å². The number of urea groups is 1. The average Bonchev–Trinajstić information content (AvgIpc) is 3.07. The number of benzene rings is 1. The van der Waals surface area contributed by atoms with E-state index in [9.17, 15) is 9.90 Å². The maximum Gasteiger partial charge on any atom is 0.315 e. The smallest absolute Gasteiger partial charge is 0.315 e. The summed E-state index contributed by atoms with van der Waals surface area (Å²) in [6.07, 6.45) is 2.63. The first-order chi connectivity index (χ1) is 11.5. The summed E-state index contributed by atoms with van der Waals surface area (Å²) < 4.78 is 1.74. The predicted molar refractivity (Wildman–Crippen MR) is 93.6 cm³/mol. The second kappa shape index (κ2) is 8.49. The Bertz CT molecular complexity index is 667. The van der Waals surface area contributed by atoms with Gasteiger partial charge in [0.2, 0.25) is 0 Å². The number of hydrogen-bond donors (Lipinski definition) is 3. The van der Waals surface area contributed by atoms with Crippen LogP contribution in [0.5, 0.6) is 0 Å². The van der Waals surface area contributed by atoms with Gasteiger partial charge in [-0.25, -0.2) is 4.79 Å². The SMILES string of the molecule is CCn1cc(C(O)CNC(=O)NCc2ccccc2C(C)C)cn1. The molecule has 0 aliphatic carbocycles. The van der Waals surface area contributed by atoms with E-state index in [4.69, 9.17) is 0 Å². The van der Waals surface area contributed by atoms with Crippen LogP contribution in [0.2, 0.25) is 0 Å². The van der Waals surface area contributed by atoms with Crippen molar-refractivity contribution in [3.8, 4) is 0 Å². The molecule has 0 saturated carbocycles. The number of nitrogens with one attached hydrogen (secondary N) is 2. The van der Waals surface area contributed by atoms with Gasteiger partial charge in [-0.1, -0.05) is 38.1 Å². The third-order valence-electron chi connectivity index (χ3n) is 3.93. The number of nitrogens with zero attached hydrogens (tertiary/aromatic N) is 2. The largest absolute Gasteiger partial charge is 0.386 e. The highest BCUT2D eigenvalue weighted by Gasteiger charge is 2.12. The third kappa shape index (κ3) is 4.83. The summed E-state index contributed by atoms with van der Waals surface area (Å²) in [5.41, 5.74) is 3.03. The van der Waals surface area contributed by atoms with Crippen molar-refractivity contribution >= 4 is 6.03 Å². The van der Waals surface area contributed by atoms with Crippen molar-refractivity contribution in [2.45, 2.75) is 45.9 Å². The molecule has 0 saturated heterocycles. The van der Waals surface area contributed by atoms with Crippen LogP contribution in [0, 0.1) is 0 Å². The fraction of sp³-hybridized carbons (Fsp3) is 0.444. The van der Waals surface area contributed by atoms with E-state index < -0.39 is 6.10 Å². The monoisotopic (exact) mass is 330 g/mol. The quantitative estimate of drug-likeness (QED) is 0.730. The molecule has 0 radical (unpaired) electrons. The number of aryl methyl sites for hydroxylation is 1. The minimum atomic E-state index is -0.765. The van der Waals surface area contributed by atoms with Crippen molar-refractivity contribution in [3.05, 3.63) is 53.3 Å². The van der Waals surface area contributed by atoms with Gasteiger partial charge in [-0.15, -0.1) is 0 Å². The minimum absolute atomic E-state index is 0.146. The molecule has 2 amide bonds. The summed E-state index contributed by atoms with van der Waals surface area (Å²) >= 11 is 0. The minimum Gasteiger partial charge on any atom is -0.386 e. The lowest BCUT2D eigenvalue weighted by molar-refractivity contribution is 0.173. The highest BCUT2D eigenvalue weighted by Crippen LogP contribution is 2.18. The Kier molecular flexibility index (Phi) is 6.37. The number of aliphatic hydroxyl groups excluding tert-OH is 1. The van der Waals surface area contributed by atoms with Gasteiger partial charge in [0, 0.05) is 31.4 Å². The number of amides is 2. The van der Waals surface area contributed by atoms with Crippen molar-refractivity contribution in [2.24, 2.45) is 0 Å². The molecule has 130 valence electrons. The van der Waals surface area contributed by atoms with Crippen molar-refractivity contribution in [1.29, 1.82) is 0 Å². The summed E-state index contributed by atoms with van der Waals surface area (Å²) in [5.74, 6) is 0.406. The molecule has 1 atom stereocenters. The molecule has 1 heterocycles. The van der Waals surface area contributed by atoms with Crippen molar-refractivity contribution in [3.63, 3.8) is 0 Å². The lowest BCUT2D eigenvalue weighted by Gasteiger charge is -2.14. The van der Waals surface area contributed by atoms with Gasteiger partial charge in [-0.3, -0.25) is 4.68 Å². The van der Waals surface area contributed by atoms with Crippen LogP contribution in [0.3, 0.4) is 0 Å². The van der Waals surface area contributed by atoms with E-state index in [-0.39, 0.29) is 12.6 Å². The Labute approximate surface area is 142 Å². The van der Waals surface area contributed by atoms with Gasteiger partial charge in [0.05, 0.1) is 12.3 Å². The lowest BCUT2D eigenvalue weighted by atomic mass is 9.97. The zero-order valence-corrected chi connectivity index (χ0v) is 14.5. The average molecular weight is 330 g/mol. The van der Waals surface area contributed by atoms with E-state index in [1.54, 1.807) is 17.1 Å². The van der Waals surface area contributed by atoms with Gasteiger partial charge >= 0.3 is 6.03 Å². The molecular weight excluding hydrogens is 304 g/mol. The summed E-state index contributed by atoms with van der Waals surface area (Å²) in [6.45, 7) is 7.59. The van der Waals surface area contributed by atoms with E-state index in [2.05, 4.69) is 35.6 Å². The van der Waals surface area contributed by atoms with Gasteiger partial charge < -0.3 is 15.7 Å². The summed E-state index contributed by atoms with van der Waals surface area (Å²) in [7, 11) is 0. The topological polar surface area (TPSA) is 79.2 Å². The number of carbonyl (C=O) groups excluding carboxylic acids is 1. The molecule has 1 aromatic heterocycles. The van der Waals surface area contributed by atoms with E-state index in [0.717, 1.165) is 12.1 Å². The molecule has 0 bridgehead atoms. The maximum atomic E-state index is 11.9. The van der Waals surface area contributed by atoms with E-state index in [1.165, 1.54) is 5.56 Å². The molecule has 0 aliphatic rings. The molecular formula is C18H26N4O2. The van der Waals surface area contributed by atoms with E-state index >= 15 is 0 Å². The zero-order valence-electron chi connectivity index (χ0n) is 14.5. The third-order valence-corrected chi connectivity index (χ3v) is 3.93. The molecule has 6 nitrogen and oxygen atoms in total. The lowest BCUT2D eigenvalue weighted by Crippen LogP contribution is -2.37. The molecule has 0 fully saturated rings. The number of hydrogen-bond acceptors (Lipinski definition) is 3. The van der Waals surface area contributed by atoms with Crippen molar-refractivity contribution in [1.82, 2.24) is 20.4 Å². The van der Waals surface area contributed by atoms with Crippen LogP contribution in [0.4, 0.5) is 4.79 Å². The first kappa shape index (κ1) is 18.0. The van der Waals surface area contributed by atoms with Crippen molar-refractivity contribution < 1.29 is 9.90 Å². The second-order valence-electron chi connectivity index (χ2n) is 6.06. The van der Waals surface area contributed by atoms with E-state index in [0.29, 0.717) is 18.0 Å². The summed E-state index contributed by atoms with van der Waals surface area (Å²) in [5, 5.41) is 19.7. The molecule has 0 spiro atoms. The van der Waals surface area contributed by atoms with Crippen LogP contribution >= 0.6 is 0 Å². The van der Waals surface area contributed by atoms with Gasteiger partial charge in [0.1, 0.15) is 0 Å². The first-order valence-corrected chi connectivity index (χ1v) is 8.31. The van der Waals surface area contributed by atoms with Gasteiger partial charge in [0.15, 0.2) is 0 Å². The molecule has 0 aliphatic heterocycles. The fourth-order valence-corrected chi connectivity index (χ4v) is 2.53. The van der Waals surface area contributed by atoms with Crippen LogP contribution in [-0.2, 0) is 13.1 Å². The zero-order chi connectivity index (χ0) is 17.5. The Hall–Kier alpha value is -2.34. The van der Waals surface area contributed by atoms with E-state index in [1.807, 2.05) is 25.1 Å². The summed E-state index contributed by atoms with van der Waals surface area (Å²) in [4.78, 5) is 11.9. The number of aliphatic hydroxyl groups is 1. The number of aromatic nitrogens is 2. The molecule has 24 heavy (non-hydrogen) atoms. The molecule has 1 aromatic carbocycles. The molecule has 6 heteroatoms. The van der Waals surface area contributed by atoms with Crippen molar-refractivity contribution in [2.75, 3.05) is 6.54 Å². The van der Waals surface area contributed by atoms with Crippen LogP contribution in [0.15, 0.2) is 36.7 Å². The van der Waals surface area contributed by atoms with Crippen LogP contribution in [-0.4, -0.2) is 27.5 Å². The van der Waals surface area contributed by atoms with Crippen LogP contribution in [0.25, 0.3) is 0 Å². The normalized spacial score (nSPS) is 12.2. The standard InChI is InChI=1S/C18H26N4O2/c1-4-22-12-15(10-21-22)17(23)11-20-18(24)19-9-14-7-5-6-8-16(14)13(2)3/h5-8,10,12-13,17,23H,4,9,11H2,1-3H3,(H2,19,20,24). The highest BCUT2D eigenvalue weighted by molar-refractivity contribution is 5.73. The molecule has 1 unspecified atom stereocenters. The maximum absolute atomic E-state index is 11.9. The Balaban J connectivity index is 1.81. The highest BCUT2D eigenvalue weighted by atomic mass is 16.3. The van der Waals surface area contributed by atoms with Crippen LogP contribution in [0.1, 0.15) is 49.5 Å². The fourth-order valence-electron chi connectivity index (χ4n) is 2.53. The Morgan fingerprint density at radius 2 is 2.04 bits per heavy atom. The second-order valence-corrected chi connectivity index (χ2v) is 6.06. The predicted octanol–water partition coefficient (Wildman–Crippen LogP) is 2.56. The summed E-state index contributed by atoms with van der Waals surface area (Å²) in [6, 6.07) is 7.77. The Morgan fingerprint density at radius 3 is 2.71 bits per heavy atom. The number of carbonyl (C=O) groups is 1. The molecule has 3 N–H and O–H groups in total. The number of rotatable bonds is 7.